The van der Waals surface area contributed by atoms with Crippen LogP contribution in [0.25, 0.3) is 0 Å². The Bertz CT molecular complexity index is 593. The zero-order valence-electron chi connectivity index (χ0n) is 20.8. The minimum absolute atomic E-state index is 1.02. The highest BCUT2D eigenvalue weighted by Crippen LogP contribution is 2.58. The quantitative estimate of drug-likeness (QED) is 0.393. The molecule has 0 aliphatic heterocycles. The first-order chi connectivity index (χ1) is 15.3. The van der Waals surface area contributed by atoms with Gasteiger partial charge >= 0.3 is 0 Å². The van der Waals surface area contributed by atoms with E-state index in [2.05, 4.69) is 6.92 Å². The molecular formula is C31H52. The molecule has 0 aromatic rings. The topological polar surface area (TPSA) is 0 Å². The van der Waals surface area contributed by atoms with Gasteiger partial charge in [0.15, 0.2) is 0 Å². The van der Waals surface area contributed by atoms with E-state index < -0.39 is 0 Å². The molecule has 0 N–H and O–H groups in total. The Hall–Kier alpha value is 0. The van der Waals surface area contributed by atoms with E-state index in [1.807, 2.05) is 0 Å². The lowest BCUT2D eigenvalue weighted by atomic mass is 9.53. The Morgan fingerprint density at radius 2 is 1.10 bits per heavy atom. The second-order valence-electron chi connectivity index (χ2n) is 13.8. The van der Waals surface area contributed by atoms with Crippen molar-refractivity contribution < 1.29 is 0 Å². The molecule has 0 heterocycles. The molecule has 0 amide bonds. The molecule has 6 rings (SSSR count). The van der Waals surface area contributed by atoms with Gasteiger partial charge in [0, 0.05) is 0 Å². The van der Waals surface area contributed by atoms with Crippen molar-refractivity contribution >= 4 is 0 Å². The van der Waals surface area contributed by atoms with E-state index in [4.69, 9.17) is 0 Å². The second-order valence-corrected chi connectivity index (χ2v) is 13.8. The predicted octanol–water partition coefficient (Wildman–Crippen LogP) is 9.28. The van der Waals surface area contributed by atoms with Crippen LogP contribution in [0.5, 0.6) is 0 Å². The van der Waals surface area contributed by atoms with Crippen LogP contribution >= 0.6 is 0 Å². The van der Waals surface area contributed by atoms with Gasteiger partial charge in [-0.15, -0.1) is 0 Å². The van der Waals surface area contributed by atoms with Crippen molar-refractivity contribution in [2.24, 2.45) is 65.1 Å². The van der Waals surface area contributed by atoms with Crippen LogP contribution in [0.3, 0.4) is 0 Å². The van der Waals surface area contributed by atoms with E-state index in [1.165, 1.54) is 0 Å². The van der Waals surface area contributed by atoms with E-state index in [1.54, 1.807) is 122 Å². The first-order valence-corrected chi connectivity index (χ1v) is 15.3. The minimum atomic E-state index is 1.02. The highest BCUT2D eigenvalue weighted by atomic mass is 14.5. The standard InChI is InChI=1S/C31H52/c1-21-7-4-13-27(26-17-16-23-9-2-3-10-25(23)20-26)29-18-15-22-8-5-11-24-12-6-14-28(24)31(21)30(29)19-22/h21-31H,2-20H2,1H3. The van der Waals surface area contributed by atoms with Gasteiger partial charge in [0.2, 0.25) is 0 Å². The third-order valence-electron chi connectivity index (χ3n) is 12.5. The Kier molecular flexibility index (Phi) is 6.48. The highest BCUT2D eigenvalue weighted by Gasteiger charge is 2.49. The molecule has 0 spiro atoms. The van der Waals surface area contributed by atoms with Gasteiger partial charge in [-0.1, -0.05) is 84.0 Å². The summed E-state index contributed by atoms with van der Waals surface area (Å²) in [6, 6.07) is 0. The Balaban J connectivity index is 1.28. The summed E-state index contributed by atoms with van der Waals surface area (Å²) >= 11 is 0. The van der Waals surface area contributed by atoms with Crippen molar-refractivity contribution in [1.29, 1.82) is 0 Å². The van der Waals surface area contributed by atoms with Crippen molar-refractivity contribution in [3.05, 3.63) is 0 Å². The smallest absolute Gasteiger partial charge is 0.0326 e. The van der Waals surface area contributed by atoms with Crippen LogP contribution in [0.1, 0.15) is 129 Å². The monoisotopic (exact) mass is 424 g/mol. The average Bonchev–Trinajstić information content (AvgIpc) is 3.25. The maximum Gasteiger partial charge on any atom is -0.0326 e. The lowest BCUT2D eigenvalue weighted by Gasteiger charge is -2.52. The second kappa shape index (κ2) is 9.33. The molecule has 0 saturated heterocycles. The van der Waals surface area contributed by atoms with E-state index in [0.29, 0.717) is 0 Å². The summed E-state index contributed by atoms with van der Waals surface area (Å²) in [5, 5.41) is 0. The molecule has 176 valence electrons. The van der Waals surface area contributed by atoms with E-state index in [-0.39, 0.29) is 0 Å². The van der Waals surface area contributed by atoms with Crippen LogP contribution in [0.4, 0.5) is 0 Å². The van der Waals surface area contributed by atoms with E-state index in [0.717, 1.165) is 65.1 Å². The Labute approximate surface area is 194 Å². The molecular weight excluding hydrogens is 372 g/mol. The average molecular weight is 425 g/mol. The molecule has 6 aliphatic carbocycles. The van der Waals surface area contributed by atoms with Crippen molar-refractivity contribution in [1.82, 2.24) is 0 Å². The normalized spacial score (nSPS) is 53.1. The van der Waals surface area contributed by atoms with Gasteiger partial charge in [0.05, 0.1) is 0 Å². The van der Waals surface area contributed by atoms with E-state index >= 15 is 0 Å². The summed E-state index contributed by atoms with van der Waals surface area (Å²) in [4.78, 5) is 0. The zero-order chi connectivity index (χ0) is 20.8. The highest BCUT2D eigenvalue weighted by molar-refractivity contribution is 4.99. The first-order valence-electron chi connectivity index (χ1n) is 15.3. The number of rotatable bonds is 1. The van der Waals surface area contributed by atoms with Crippen molar-refractivity contribution in [3.8, 4) is 0 Å². The van der Waals surface area contributed by atoms with Crippen LogP contribution < -0.4 is 0 Å². The summed E-state index contributed by atoms with van der Waals surface area (Å²) in [7, 11) is 0. The van der Waals surface area contributed by atoms with Crippen LogP contribution in [0, 0.1) is 65.1 Å². The Morgan fingerprint density at radius 1 is 0.387 bits per heavy atom. The van der Waals surface area contributed by atoms with Crippen molar-refractivity contribution in [2.45, 2.75) is 129 Å². The van der Waals surface area contributed by atoms with Crippen molar-refractivity contribution in [3.63, 3.8) is 0 Å². The van der Waals surface area contributed by atoms with Crippen LogP contribution in [-0.2, 0) is 0 Å². The number of hydrogen-bond acceptors (Lipinski definition) is 0. The fourth-order valence-electron chi connectivity index (χ4n) is 11.3. The van der Waals surface area contributed by atoms with Gasteiger partial charge in [-0.05, 0) is 110 Å². The third-order valence-corrected chi connectivity index (χ3v) is 12.5. The molecule has 0 radical (unpaired) electrons. The van der Waals surface area contributed by atoms with Crippen LogP contribution in [0.15, 0.2) is 0 Å². The molecule has 11 atom stereocenters. The lowest BCUT2D eigenvalue weighted by molar-refractivity contribution is -0.0319. The molecule has 11 unspecified atom stereocenters. The van der Waals surface area contributed by atoms with E-state index in [9.17, 15) is 0 Å². The molecule has 0 heteroatoms. The fourth-order valence-corrected chi connectivity index (χ4v) is 11.3. The molecule has 0 nitrogen and oxygen atoms in total. The minimum Gasteiger partial charge on any atom is -0.0622 e. The molecule has 0 aromatic carbocycles. The number of fused-ring (bicyclic) bond motifs is 4. The van der Waals surface area contributed by atoms with Gasteiger partial charge in [0.1, 0.15) is 0 Å². The molecule has 0 aromatic heterocycles. The summed E-state index contributed by atoms with van der Waals surface area (Å²) < 4.78 is 0. The maximum atomic E-state index is 2.71. The van der Waals surface area contributed by atoms with Gasteiger partial charge in [-0.3, -0.25) is 0 Å². The SMILES string of the molecule is CC1CCCC(C2CCC3CCCCC3C2)C2CCC3CCCC4CCCC4C1C2C3. The Morgan fingerprint density at radius 3 is 2.00 bits per heavy atom. The molecule has 31 heavy (non-hydrogen) atoms. The zero-order valence-corrected chi connectivity index (χ0v) is 20.8. The summed E-state index contributed by atoms with van der Waals surface area (Å²) in [6.07, 6.45) is 30.3. The molecule has 6 aliphatic rings. The summed E-state index contributed by atoms with van der Waals surface area (Å²) in [6.45, 7) is 2.71. The third kappa shape index (κ3) is 4.18. The lowest BCUT2D eigenvalue weighted by Crippen LogP contribution is -2.45. The van der Waals surface area contributed by atoms with Crippen LogP contribution in [0.2, 0.25) is 0 Å². The van der Waals surface area contributed by atoms with Gasteiger partial charge in [-0.2, -0.15) is 0 Å². The molecule has 6 saturated carbocycles. The predicted molar refractivity (Wildman–Crippen MR) is 132 cm³/mol. The van der Waals surface area contributed by atoms with Gasteiger partial charge in [0.25, 0.3) is 0 Å². The summed E-state index contributed by atoms with van der Waals surface area (Å²) in [5.74, 6) is 12.2. The molecule has 2 bridgehead atoms. The number of hydrogen-bond donors (Lipinski definition) is 0. The fraction of sp³-hybridized carbons (Fsp3) is 1.00. The first kappa shape index (κ1) is 21.5. The van der Waals surface area contributed by atoms with Gasteiger partial charge < -0.3 is 0 Å². The maximum absolute atomic E-state index is 2.71. The van der Waals surface area contributed by atoms with Crippen molar-refractivity contribution in [2.75, 3.05) is 0 Å². The largest absolute Gasteiger partial charge is 0.0622 e. The summed E-state index contributed by atoms with van der Waals surface area (Å²) in [5.41, 5.74) is 0. The molecule has 6 fully saturated rings. The van der Waals surface area contributed by atoms with Crippen LogP contribution in [-0.4, -0.2) is 0 Å². The van der Waals surface area contributed by atoms with Gasteiger partial charge in [-0.25, -0.2) is 0 Å².